The number of hydrogen-bond acceptors (Lipinski definition) is 8. The summed E-state index contributed by atoms with van der Waals surface area (Å²) in [6.45, 7) is 7.42. The quantitative estimate of drug-likeness (QED) is 0.632. The molecule has 0 aromatic carbocycles. The number of likely N-dealkylation sites (tertiary alicyclic amines) is 1. The molecule has 188 valence electrons. The predicted molar refractivity (Wildman–Crippen MR) is 142 cm³/mol. The van der Waals surface area contributed by atoms with Crippen LogP contribution in [0.1, 0.15) is 38.2 Å². The molecule has 9 heteroatoms. The zero-order valence-corrected chi connectivity index (χ0v) is 20.7. The van der Waals surface area contributed by atoms with E-state index in [0.29, 0.717) is 12.5 Å². The van der Waals surface area contributed by atoms with E-state index >= 15 is 0 Å². The molecule has 0 aliphatic carbocycles. The van der Waals surface area contributed by atoms with E-state index in [2.05, 4.69) is 48.5 Å². The van der Waals surface area contributed by atoms with Gasteiger partial charge < -0.3 is 15.5 Å². The topological polar surface area (TPSA) is 90.7 Å². The second-order valence-corrected chi connectivity index (χ2v) is 9.64. The van der Waals surface area contributed by atoms with Gasteiger partial charge in [0.2, 0.25) is 5.95 Å². The average molecular weight is 489 g/mol. The van der Waals surface area contributed by atoms with Crippen LogP contribution < -0.4 is 10.6 Å². The number of aliphatic imine (C=N–C) groups is 2. The highest BCUT2D eigenvalue weighted by molar-refractivity contribution is 6.10. The van der Waals surface area contributed by atoms with E-state index in [0.717, 1.165) is 48.1 Å². The molecular formula is C27H33FN8. The Labute approximate surface area is 211 Å². The summed E-state index contributed by atoms with van der Waals surface area (Å²) in [7, 11) is 0. The third-order valence-electron chi connectivity index (χ3n) is 7.01. The first kappa shape index (κ1) is 24.2. The molecule has 3 aliphatic rings. The van der Waals surface area contributed by atoms with E-state index in [1.807, 2.05) is 12.3 Å². The molecule has 1 saturated heterocycles. The van der Waals surface area contributed by atoms with Crippen molar-refractivity contribution in [1.82, 2.24) is 25.2 Å². The Kier molecular flexibility index (Phi) is 7.76. The summed E-state index contributed by atoms with van der Waals surface area (Å²) >= 11 is 0. The van der Waals surface area contributed by atoms with Crippen LogP contribution in [0.2, 0.25) is 0 Å². The summed E-state index contributed by atoms with van der Waals surface area (Å²) in [4.78, 5) is 24.7. The van der Waals surface area contributed by atoms with Crippen LogP contribution in [0.5, 0.6) is 0 Å². The van der Waals surface area contributed by atoms with Crippen molar-refractivity contribution in [3.63, 3.8) is 0 Å². The zero-order chi connectivity index (χ0) is 24.7. The molecule has 2 atom stereocenters. The lowest BCUT2D eigenvalue weighted by atomic mass is 9.89. The standard InChI is InChI=1S/C27H33FN8/c1-19-4-3-13-36(14-9-19)15-12-30-25-7-6-24-21(8-11-29-25)22(18-32-24)20-16-33-27(34-17-20)35-26-23(28)5-2-10-31-26/h2,5-7,10,16-19,21H,3-4,8-9,11-15H2,1H3,(H,29,30)(H,31,33,34,35)/b7-6-. The first-order valence-electron chi connectivity index (χ1n) is 12.8. The van der Waals surface area contributed by atoms with Crippen LogP contribution in [0.3, 0.4) is 0 Å². The number of aromatic nitrogens is 3. The van der Waals surface area contributed by atoms with E-state index in [1.165, 1.54) is 50.7 Å². The van der Waals surface area contributed by atoms with E-state index < -0.39 is 5.82 Å². The third-order valence-corrected chi connectivity index (χ3v) is 7.01. The Hall–Kier alpha value is -3.46. The highest BCUT2D eigenvalue weighted by Crippen LogP contribution is 2.33. The molecule has 0 spiro atoms. The van der Waals surface area contributed by atoms with Gasteiger partial charge in [-0.15, -0.1) is 0 Å². The van der Waals surface area contributed by atoms with Crippen molar-refractivity contribution in [2.24, 2.45) is 21.8 Å². The number of pyridine rings is 1. The Morgan fingerprint density at radius 1 is 1.08 bits per heavy atom. The number of rotatable bonds is 6. The molecule has 0 amide bonds. The number of amidine groups is 1. The maximum atomic E-state index is 13.8. The van der Waals surface area contributed by atoms with Crippen LogP contribution in [0.25, 0.3) is 5.57 Å². The van der Waals surface area contributed by atoms with E-state index in [-0.39, 0.29) is 11.7 Å². The van der Waals surface area contributed by atoms with Crippen molar-refractivity contribution in [1.29, 1.82) is 0 Å². The second-order valence-electron chi connectivity index (χ2n) is 9.64. The van der Waals surface area contributed by atoms with Crippen LogP contribution in [0.15, 0.2) is 59.1 Å². The van der Waals surface area contributed by atoms with Crippen LogP contribution >= 0.6 is 0 Å². The summed E-state index contributed by atoms with van der Waals surface area (Å²) in [6.07, 6.45) is 15.8. The first-order valence-corrected chi connectivity index (χ1v) is 12.8. The van der Waals surface area contributed by atoms with Gasteiger partial charge in [0, 0.05) is 61.6 Å². The molecule has 2 unspecified atom stereocenters. The molecule has 1 fully saturated rings. The normalized spacial score (nSPS) is 23.3. The minimum absolute atomic E-state index is 0.101. The van der Waals surface area contributed by atoms with Gasteiger partial charge >= 0.3 is 0 Å². The van der Waals surface area contributed by atoms with Crippen molar-refractivity contribution in [2.75, 3.05) is 38.0 Å². The summed E-state index contributed by atoms with van der Waals surface area (Å²) in [6, 6.07) is 2.88. The number of allylic oxidation sites excluding steroid dienone is 2. The van der Waals surface area contributed by atoms with Crippen LogP contribution in [0, 0.1) is 17.7 Å². The number of nitrogens with zero attached hydrogens (tertiary/aromatic N) is 6. The Morgan fingerprint density at radius 2 is 1.97 bits per heavy atom. The van der Waals surface area contributed by atoms with Crippen molar-refractivity contribution in [3.05, 3.63) is 60.5 Å². The lowest BCUT2D eigenvalue weighted by Gasteiger charge is -2.21. The average Bonchev–Trinajstić information content (AvgIpc) is 3.14. The molecule has 0 saturated carbocycles. The number of hydrogen-bond donors (Lipinski definition) is 2. The number of nitrogens with one attached hydrogen (secondary N) is 2. The fourth-order valence-electron chi connectivity index (χ4n) is 4.88. The summed E-state index contributed by atoms with van der Waals surface area (Å²) < 4.78 is 13.8. The molecule has 2 N–H and O–H groups in total. The van der Waals surface area contributed by atoms with Gasteiger partial charge in [0.1, 0.15) is 5.84 Å². The van der Waals surface area contributed by atoms with Crippen molar-refractivity contribution < 1.29 is 4.39 Å². The summed E-state index contributed by atoms with van der Waals surface area (Å²) in [5.74, 6) is 1.87. The Morgan fingerprint density at radius 3 is 2.83 bits per heavy atom. The molecule has 0 radical (unpaired) electrons. The minimum Gasteiger partial charge on any atom is -0.369 e. The molecule has 5 rings (SSSR count). The smallest absolute Gasteiger partial charge is 0.228 e. The largest absolute Gasteiger partial charge is 0.369 e. The fraction of sp³-hybridized carbons (Fsp3) is 0.444. The van der Waals surface area contributed by atoms with E-state index in [4.69, 9.17) is 4.99 Å². The lowest BCUT2D eigenvalue weighted by Crippen LogP contribution is -2.35. The van der Waals surface area contributed by atoms with E-state index in [9.17, 15) is 4.39 Å². The van der Waals surface area contributed by atoms with Gasteiger partial charge in [-0.3, -0.25) is 9.98 Å². The first-order chi connectivity index (χ1) is 17.7. The predicted octanol–water partition coefficient (Wildman–Crippen LogP) is 4.24. The molecular weight excluding hydrogens is 455 g/mol. The highest BCUT2D eigenvalue weighted by atomic mass is 19.1. The maximum Gasteiger partial charge on any atom is 0.228 e. The van der Waals surface area contributed by atoms with Gasteiger partial charge in [-0.1, -0.05) is 6.92 Å². The maximum absolute atomic E-state index is 13.8. The fourth-order valence-corrected chi connectivity index (χ4v) is 4.88. The molecule has 3 aliphatic heterocycles. The summed E-state index contributed by atoms with van der Waals surface area (Å²) in [5.41, 5.74) is 3.00. The molecule has 2 aromatic heterocycles. The Balaban J connectivity index is 1.14. The SMILES string of the molecule is CC1CCCN(CCNC2=NCCC3C(c4cnc(Nc5ncccc5F)nc4)=CN=C3/C=C\2)CC1. The van der Waals surface area contributed by atoms with Crippen molar-refractivity contribution in [3.8, 4) is 0 Å². The monoisotopic (exact) mass is 488 g/mol. The zero-order valence-electron chi connectivity index (χ0n) is 20.7. The molecule has 5 heterocycles. The van der Waals surface area contributed by atoms with Gasteiger partial charge in [-0.2, -0.15) is 0 Å². The highest BCUT2D eigenvalue weighted by Gasteiger charge is 2.26. The lowest BCUT2D eigenvalue weighted by molar-refractivity contribution is 0.286. The minimum atomic E-state index is -0.450. The summed E-state index contributed by atoms with van der Waals surface area (Å²) in [5, 5.41) is 6.33. The van der Waals surface area contributed by atoms with Gasteiger partial charge in [-0.05, 0) is 74.5 Å². The molecule has 0 bridgehead atoms. The second kappa shape index (κ2) is 11.5. The molecule has 8 nitrogen and oxygen atoms in total. The number of anilines is 2. The van der Waals surface area contributed by atoms with Crippen molar-refractivity contribution >= 4 is 28.9 Å². The number of halogens is 1. The number of fused-ring (bicyclic) bond motifs is 1. The van der Waals surface area contributed by atoms with Crippen molar-refractivity contribution in [2.45, 2.75) is 32.6 Å². The third kappa shape index (κ3) is 6.02. The van der Waals surface area contributed by atoms with Crippen LogP contribution in [-0.2, 0) is 0 Å². The molecule has 2 aromatic rings. The molecule has 36 heavy (non-hydrogen) atoms. The van der Waals surface area contributed by atoms with Gasteiger partial charge in [0.25, 0.3) is 0 Å². The van der Waals surface area contributed by atoms with Gasteiger partial charge in [0.05, 0.1) is 0 Å². The van der Waals surface area contributed by atoms with Crippen LogP contribution in [0.4, 0.5) is 16.2 Å². The van der Waals surface area contributed by atoms with Gasteiger partial charge in [-0.25, -0.2) is 19.3 Å². The van der Waals surface area contributed by atoms with Crippen LogP contribution in [-0.4, -0.2) is 64.1 Å². The van der Waals surface area contributed by atoms with Gasteiger partial charge in [0.15, 0.2) is 11.6 Å². The Bertz CT molecular complexity index is 1170. The van der Waals surface area contributed by atoms with E-state index in [1.54, 1.807) is 12.4 Å².